The zero-order chi connectivity index (χ0) is 13.8. The summed E-state index contributed by atoms with van der Waals surface area (Å²) in [4.78, 5) is 11.3. The largest absolute Gasteiger partial charge is 0.478 e. The van der Waals surface area contributed by atoms with Crippen molar-refractivity contribution in [3.8, 4) is 5.75 Å². The Bertz CT molecular complexity index is 583. The SMILES string of the molecule is O=C(O)C(Oc1cccc(Br)c1)c1ccc(Cl)cc1. The van der Waals surface area contributed by atoms with Gasteiger partial charge >= 0.3 is 5.97 Å². The second-order valence-corrected chi connectivity index (χ2v) is 5.20. The van der Waals surface area contributed by atoms with Gasteiger partial charge in [-0.25, -0.2) is 4.79 Å². The third-order valence-electron chi connectivity index (χ3n) is 2.45. The molecule has 0 saturated heterocycles. The highest BCUT2D eigenvalue weighted by molar-refractivity contribution is 9.10. The number of ether oxygens (including phenoxy) is 1. The molecule has 3 nitrogen and oxygen atoms in total. The molecule has 0 amide bonds. The number of rotatable bonds is 4. The molecular weight excluding hydrogens is 332 g/mol. The summed E-state index contributed by atoms with van der Waals surface area (Å²) in [7, 11) is 0. The Kier molecular flexibility index (Phi) is 4.45. The second-order valence-electron chi connectivity index (χ2n) is 3.85. The van der Waals surface area contributed by atoms with E-state index in [0.717, 1.165) is 4.47 Å². The van der Waals surface area contributed by atoms with Gasteiger partial charge in [-0.15, -0.1) is 0 Å². The van der Waals surface area contributed by atoms with Crippen LogP contribution in [-0.2, 0) is 4.79 Å². The van der Waals surface area contributed by atoms with Crippen molar-refractivity contribution in [3.05, 3.63) is 63.6 Å². The molecule has 0 aliphatic carbocycles. The molecule has 0 heterocycles. The van der Waals surface area contributed by atoms with Gasteiger partial charge in [0.15, 0.2) is 0 Å². The van der Waals surface area contributed by atoms with Gasteiger partial charge in [-0.1, -0.05) is 45.7 Å². The van der Waals surface area contributed by atoms with Gasteiger partial charge in [0.2, 0.25) is 6.10 Å². The number of carboxylic acid groups (broad SMARTS) is 1. The minimum Gasteiger partial charge on any atom is -0.478 e. The molecule has 0 fully saturated rings. The van der Waals surface area contributed by atoms with Crippen LogP contribution in [0, 0.1) is 0 Å². The Morgan fingerprint density at radius 1 is 1.21 bits per heavy atom. The van der Waals surface area contributed by atoms with Crippen LogP contribution in [-0.4, -0.2) is 11.1 Å². The van der Waals surface area contributed by atoms with Crippen LogP contribution < -0.4 is 4.74 Å². The summed E-state index contributed by atoms with van der Waals surface area (Å²) in [6.07, 6.45) is -1.06. The third-order valence-corrected chi connectivity index (χ3v) is 3.19. The monoisotopic (exact) mass is 340 g/mol. The van der Waals surface area contributed by atoms with Gasteiger partial charge in [0.05, 0.1) is 0 Å². The molecule has 19 heavy (non-hydrogen) atoms. The van der Waals surface area contributed by atoms with Crippen molar-refractivity contribution in [1.82, 2.24) is 0 Å². The molecule has 0 bridgehead atoms. The first-order valence-electron chi connectivity index (χ1n) is 5.47. The molecular formula is C14H10BrClO3. The highest BCUT2D eigenvalue weighted by Gasteiger charge is 2.21. The van der Waals surface area contributed by atoms with Crippen LogP contribution in [0.4, 0.5) is 0 Å². The van der Waals surface area contributed by atoms with Gasteiger partial charge < -0.3 is 9.84 Å². The minimum absolute atomic E-state index is 0.483. The lowest BCUT2D eigenvalue weighted by atomic mass is 10.1. The molecule has 5 heteroatoms. The highest BCUT2D eigenvalue weighted by Crippen LogP contribution is 2.25. The van der Waals surface area contributed by atoms with Crippen molar-refractivity contribution < 1.29 is 14.6 Å². The molecule has 0 aromatic heterocycles. The van der Waals surface area contributed by atoms with Gasteiger partial charge in [-0.2, -0.15) is 0 Å². The van der Waals surface area contributed by atoms with Crippen LogP contribution in [0.2, 0.25) is 5.02 Å². The fourth-order valence-corrected chi connectivity index (χ4v) is 2.08. The standard InChI is InChI=1S/C14H10BrClO3/c15-10-2-1-3-12(8-10)19-13(14(17)18)9-4-6-11(16)7-5-9/h1-8,13H,(H,17,18). The van der Waals surface area contributed by atoms with Crippen LogP contribution in [0.5, 0.6) is 5.75 Å². The Balaban J connectivity index is 2.26. The smallest absolute Gasteiger partial charge is 0.349 e. The molecule has 0 aliphatic rings. The fraction of sp³-hybridized carbons (Fsp3) is 0.0714. The fourth-order valence-electron chi connectivity index (χ4n) is 1.57. The lowest BCUT2D eigenvalue weighted by Crippen LogP contribution is -2.18. The van der Waals surface area contributed by atoms with Gasteiger partial charge in [0, 0.05) is 15.1 Å². The number of benzene rings is 2. The van der Waals surface area contributed by atoms with Crippen LogP contribution in [0.3, 0.4) is 0 Å². The first-order chi connectivity index (χ1) is 9.06. The van der Waals surface area contributed by atoms with Crippen molar-refractivity contribution in [1.29, 1.82) is 0 Å². The van der Waals surface area contributed by atoms with E-state index in [1.54, 1.807) is 42.5 Å². The van der Waals surface area contributed by atoms with E-state index < -0.39 is 12.1 Å². The molecule has 2 aromatic carbocycles. The number of halogens is 2. The molecule has 98 valence electrons. The van der Waals surface area contributed by atoms with Gasteiger partial charge in [0.25, 0.3) is 0 Å². The molecule has 0 aliphatic heterocycles. The number of carboxylic acids is 1. The molecule has 2 rings (SSSR count). The van der Waals surface area contributed by atoms with Crippen molar-refractivity contribution in [2.45, 2.75) is 6.10 Å². The van der Waals surface area contributed by atoms with Crippen molar-refractivity contribution in [2.24, 2.45) is 0 Å². The van der Waals surface area contributed by atoms with Gasteiger partial charge in [-0.05, 0) is 30.3 Å². The summed E-state index contributed by atoms with van der Waals surface area (Å²) in [6.45, 7) is 0. The molecule has 1 atom stereocenters. The summed E-state index contributed by atoms with van der Waals surface area (Å²) in [5, 5.41) is 9.81. The van der Waals surface area contributed by atoms with Crippen molar-refractivity contribution >= 4 is 33.5 Å². The van der Waals surface area contributed by atoms with E-state index in [9.17, 15) is 9.90 Å². The number of hydrogen-bond acceptors (Lipinski definition) is 2. The van der Waals surface area contributed by atoms with E-state index in [4.69, 9.17) is 16.3 Å². The number of carbonyl (C=O) groups is 1. The van der Waals surface area contributed by atoms with E-state index >= 15 is 0 Å². The minimum atomic E-state index is -1.06. The quantitative estimate of drug-likeness (QED) is 0.901. The van der Waals surface area contributed by atoms with Crippen LogP contribution in [0.1, 0.15) is 11.7 Å². The Morgan fingerprint density at radius 3 is 2.47 bits per heavy atom. The summed E-state index contributed by atoms with van der Waals surface area (Å²) in [6, 6.07) is 13.6. The van der Waals surface area contributed by atoms with Crippen LogP contribution >= 0.6 is 27.5 Å². The maximum atomic E-state index is 11.3. The van der Waals surface area contributed by atoms with E-state index in [1.807, 2.05) is 6.07 Å². The maximum Gasteiger partial charge on any atom is 0.349 e. The van der Waals surface area contributed by atoms with Crippen molar-refractivity contribution in [2.75, 3.05) is 0 Å². The topological polar surface area (TPSA) is 46.5 Å². The summed E-state index contributed by atoms with van der Waals surface area (Å²) < 4.78 is 6.33. The summed E-state index contributed by atoms with van der Waals surface area (Å²) >= 11 is 9.09. The molecule has 0 radical (unpaired) electrons. The average Bonchev–Trinajstić information content (AvgIpc) is 2.37. The van der Waals surface area contributed by atoms with Crippen LogP contribution in [0.15, 0.2) is 53.0 Å². The van der Waals surface area contributed by atoms with E-state index in [0.29, 0.717) is 16.3 Å². The maximum absolute atomic E-state index is 11.3. The van der Waals surface area contributed by atoms with E-state index in [-0.39, 0.29) is 0 Å². The normalized spacial score (nSPS) is 11.9. The van der Waals surface area contributed by atoms with Crippen LogP contribution in [0.25, 0.3) is 0 Å². The lowest BCUT2D eigenvalue weighted by molar-refractivity contribution is -0.145. The first-order valence-corrected chi connectivity index (χ1v) is 6.64. The zero-order valence-corrected chi connectivity index (χ0v) is 12.1. The predicted octanol–water partition coefficient (Wildman–Crippen LogP) is 4.31. The number of aliphatic carboxylic acids is 1. The average molecular weight is 342 g/mol. The third kappa shape index (κ3) is 3.72. The van der Waals surface area contributed by atoms with Gasteiger partial charge in [0.1, 0.15) is 5.75 Å². The van der Waals surface area contributed by atoms with E-state index in [1.165, 1.54) is 0 Å². The van der Waals surface area contributed by atoms with Crippen molar-refractivity contribution in [3.63, 3.8) is 0 Å². The molecule has 1 unspecified atom stereocenters. The Labute approximate surface area is 123 Å². The highest BCUT2D eigenvalue weighted by atomic mass is 79.9. The Morgan fingerprint density at radius 2 is 1.89 bits per heavy atom. The summed E-state index contributed by atoms with van der Waals surface area (Å²) in [5.74, 6) is -0.570. The zero-order valence-electron chi connectivity index (χ0n) is 9.72. The predicted molar refractivity (Wildman–Crippen MR) is 76.6 cm³/mol. The van der Waals surface area contributed by atoms with E-state index in [2.05, 4.69) is 15.9 Å². The molecule has 2 aromatic rings. The molecule has 0 spiro atoms. The lowest BCUT2D eigenvalue weighted by Gasteiger charge is -2.15. The van der Waals surface area contributed by atoms with Gasteiger partial charge in [-0.3, -0.25) is 0 Å². The second kappa shape index (κ2) is 6.08. The summed E-state index contributed by atoms with van der Waals surface area (Å²) in [5.41, 5.74) is 0.539. The molecule has 1 N–H and O–H groups in total. The first kappa shape index (κ1) is 13.9. The number of hydrogen-bond donors (Lipinski definition) is 1. The Hall–Kier alpha value is -1.52. The molecule has 0 saturated carbocycles.